The minimum atomic E-state index is -3.73. The summed E-state index contributed by atoms with van der Waals surface area (Å²) in [6, 6.07) is 6.10. The number of halogens is 1. The highest BCUT2D eigenvalue weighted by atomic mass is 32.2. The smallest absolute Gasteiger partial charge is 0.261 e. The molecule has 0 radical (unpaired) electrons. The van der Waals surface area contributed by atoms with Gasteiger partial charge in [-0.05, 0) is 61.6 Å². The van der Waals surface area contributed by atoms with Crippen molar-refractivity contribution in [1.29, 1.82) is 0 Å². The largest absolute Gasteiger partial charge is 0.348 e. The highest BCUT2D eigenvalue weighted by molar-refractivity contribution is 7.94. The van der Waals surface area contributed by atoms with E-state index in [9.17, 15) is 22.4 Å². The number of carbonyl (C=O) groups excluding carboxylic acids is 1. The van der Waals surface area contributed by atoms with Gasteiger partial charge in [-0.1, -0.05) is 12.5 Å². The van der Waals surface area contributed by atoms with E-state index in [4.69, 9.17) is 0 Å². The van der Waals surface area contributed by atoms with Gasteiger partial charge in [0.15, 0.2) is 9.84 Å². The molecule has 148 valence electrons. The first kappa shape index (κ1) is 20.0. The number of H-pyrrole nitrogens is 1. The number of benzene rings is 1. The van der Waals surface area contributed by atoms with E-state index >= 15 is 0 Å². The Kier molecular flexibility index (Phi) is 6.08. The lowest BCUT2D eigenvalue weighted by Gasteiger charge is -2.08. The molecule has 1 aromatic carbocycles. The Morgan fingerprint density at radius 1 is 1.14 bits per heavy atom. The van der Waals surface area contributed by atoms with Gasteiger partial charge in [0, 0.05) is 17.6 Å². The maximum absolute atomic E-state index is 12.9. The van der Waals surface area contributed by atoms with Gasteiger partial charge < -0.3 is 10.3 Å². The Labute approximate surface area is 162 Å². The molecule has 1 aromatic heterocycles. The number of sulfone groups is 1. The average Bonchev–Trinajstić information content (AvgIpc) is 2.89. The maximum atomic E-state index is 12.9. The van der Waals surface area contributed by atoms with E-state index in [-0.39, 0.29) is 17.0 Å². The van der Waals surface area contributed by atoms with E-state index in [0.717, 1.165) is 60.9 Å². The summed E-state index contributed by atoms with van der Waals surface area (Å²) < 4.78 is 37.2. The molecule has 1 aliphatic carbocycles. The zero-order valence-electron chi connectivity index (χ0n) is 15.2. The SMILES string of the molecule is O=C(NC/C=C/S(=O)(=O)c1ccc(F)cc1)c1cc2c([nH]c1=O)CCCCC2. The van der Waals surface area contributed by atoms with E-state index < -0.39 is 27.1 Å². The molecule has 0 saturated heterocycles. The van der Waals surface area contributed by atoms with Crippen LogP contribution in [-0.4, -0.2) is 25.9 Å². The van der Waals surface area contributed by atoms with E-state index in [0.29, 0.717) is 0 Å². The maximum Gasteiger partial charge on any atom is 0.261 e. The number of amides is 1. The predicted octanol–water partition coefficient (Wildman–Crippen LogP) is 2.50. The van der Waals surface area contributed by atoms with Gasteiger partial charge in [-0.3, -0.25) is 9.59 Å². The van der Waals surface area contributed by atoms with Gasteiger partial charge in [-0.25, -0.2) is 12.8 Å². The van der Waals surface area contributed by atoms with Gasteiger partial charge in [0.05, 0.1) is 4.90 Å². The van der Waals surface area contributed by atoms with E-state index in [1.54, 1.807) is 6.07 Å². The van der Waals surface area contributed by atoms with Crippen LogP contribution in [0.25, 0.3) is 0 Å². The van der Waals surface area contributed by atoms with Crippen molar-refractivity contribution < 1.29 is 17.6 Å². The monoisotopic (exact) mass is 404 g/mol. The molecule has 1 heterocycles. The number of hydrogen-bond donors (Lipinski definition) is 2. The van der Waals surface area contributed by atoms with Crippen molar-refractivity contribution in [2.24, 2.45) is 0 Å². The van der Waals surface area contributed by atoms with Crippen LogP contribution in [0.4, 0.5) is 4.39 Å². The Bertz CT molecular complexity index is 1060. The number of aryl methyl sites for hydroxylation is 2. The molecule has 8 heteroatoms. The molecule has 0 aliphatic heterocycles. The molecule has 0 fully saturated rings. The molecular formula is C20H21FN2O4S. The van der Waals surface area contributed by atoms with Crippen LogP contribution < -0.4 is 10.9 Å². The molecule has 2 N–H and O–H groups in total. The Morgan fingerprint density at radius 3 is 2.61 bits per heavy atom. The van der Waals surface area contributed by atoms with Gasteiger partial charge in [-0.2, -0.15) is 0 Å². The molecule has 0 bridgehead atoms. The Morgan fingerprint density at radius 2 is 1.86 bits per heavy atom. The Hall–Kier alpha value is -2.74. The summed E-state index contributed by atoms with van der Waals surface area (Å²) in [5.74, 6) is -1.08. The average molecular weight is 404 g/mol. The van der Waals surface area contributed by atoms with Crippen LogP contribution in [0.15, 0.2) is 51.5 Å². The van der Waals surface area contributed by atoms with Gasteiger partial charge in [0.1, 0.15) is 11.4 Å². The number of carbonyl (C=O) groups is 1. The molecule has 2 aromatic rings. The van der Waals surface area contributed by atoms with E-state index in [1.807, 2.05) is 0 Å². The zero-order chi connectivity index (χ0) is 20.1. The number of hydrogen-bond acceptors (Lipinski definition) is 4. The van der Waals surface area contributed by atoms with Gasteiger partial charge in [-0.15, -0.1) is 0 Å². The van der Waals surface area contributed by atoms with Crippen LogP contribution in [-0.2, 0) is 22.7 Å². The standard InChI is InChI=1S/C20H21FN2O4S/c21-15-7-9-16(10-8-15)28(26,27)12-4-11-22-19(24)17-13-14-5-2-1-3-6-18(14)23-20(17)25/h4,7-10,12-13H,1-3,5-6,11H2,(H,22,24)(H,23,25)/b12-4+. The van der Waals surface area contributed by atoms with Crippen molar-refractivity contribution in [2.75, 3.05) is 6.54 Å². The lowest BCUT2D eigenvalue weighted by molar-refractivity contribution is 0.0956. The van der Waals surface area contributed by atoms with Crippen molar-refractivity contribution >= 4 is 15.7 Å². The van der Waals surface area contributed by atoms with E-state index in [2.05, 4.69) is 10.3 Å². The van der Waals surface area contributed by atoms with Crippen molar-refractivity contribution in [1.82, 2.24) is 10.3 Å². The quantitative estimate of drug-likeness (QED) is 0.591. The molecular weight excluding hydrogens is 383 g/mol. The molecule has 0 spiro atoms. The minimum absolute atomic E-state index is 0.0236. The topological polar surface area (TPSA) is 96.1 Å². The van der Waals surface area contributed by atoms with Crippen LogP contribution in [0.2, 0.25) is 0 Å². The van der Waals surface area contributed by atoms with Gasteiger partial charge in [0.2, 0.25) is 0 Å². The normalized spacial score (nSPS) is 14.5. The Balaban J connectivity index is 1.66. The van der Waals surface area contributed by atoms with Crippen molar-refractivity contribution in [3.05, 3.63) is 74.8 Å². The van der Waals surface area contributed by atoms with Gasteiger partial charge >= 0.3 is 0 Å². The first-order chi connectivity index (χ1) is 13.4. The number of fused-ring (bicyclic) bond motifs is 1. The third kappa shape index (κ3) is 4.75. The van der Waals surface area contributed by atoms with Crippen molar-refractivity contribution in [3.8, 4) is 0 Å². The summed E-state index contributed by atoms with van der Waals surface area (Å²) >= 11 is 0. The number of aromatic nitrogens is 1. The lowest BCUT2D eigenvalue weighted by Crippen LogP contribution is -2.30. The molecule has 0 unspecified atom stereocenters. The molecule has 28 heavy (non-hydrogen) atoms. The lowest BCUT2D eigenvalue weighted by atomic mass is 10.1. The van der Waals surface area contributed by atoms with Crippen LogP contribution in [0.1, 0.15) is 40.9 Å². The van der Waals surface area contributed by atoms with Crippen LogP contribution in [0.5, 0.6) is 0 Å². The molecule has 0 atom stereocenters. The molecule has 3 rings (SSSR count). The van der Waals surface area contributed by atoms with Crippen molar-refractivity contribution in [2.45, 2.75) is 37.0 Å². The first-order valence-corrected chi connectivity index (χ1v) is 10.6. The van der Waals surface area contributed by atoms with Crippen molar-refractivity contribution in [3.63, 3.8) is 0 Å². The molecule has 0 saturated carbocycles. The fourth-order valence-electron chi connectivity index (χ4n) is 3.14. The minimum Gasteiger partial charge on any atom is -0.348 e. The second kappa shape index (κ2) is 8.52. The number of aromatic amines is 1. The number of nitrogens with one attached hydrogen (secondary N) is 2. The second-order valence-electron chi connectivity index (χ2n) is 6.66. The summed E-state index contributed by atoms with van der Waals surface area (Å²) in [5, 5.41) is 3.47. The highest BCUT2D eigenvalue weighted by Gasteiger charge is 2.16. The second-order valence-corrected chi connectivity index (χ2v) is 8.49. The highest BCUT2D eigenvalue weighted by Crippen LogP contribution is 2.18. The predicted molar refractivity (Wildman–Crippen MR) is 103 cm³/mol. The van der Waals surface area contributed by atoms with Gasteiger partial charge in [0.25, 0.3) is 11.5 Å². The van der Waals surface area contributed by atoms with E-state index in [1.165, 1.54) is 18.2 Å². The molecule has 1 aliphatic rings. The van der Waals surface area contributed by atoms with Crippen LogP contribution >= 0.6 is 0 Å². The summed E-state index contributed by atoms with van der Waals surface area (Å²) in [4.78, 5) is 27.3. The third-order valence-corrected chi connectivity index (χ3v) is 6.11. The first-order valence-electron chi connectivity index (χ1n) is 9.07. The number of pyridine rings is 1. The fraction of sp³-hybridized carbons (Fsp3) is 0.300. The summed E-state index contributed by atoms with van der Waals surface area (Å²) in [7, 11) is -3.73. The third-order valence-electron chi connectivity index (χ3n) is 4.63. The molecule has 6 nitrogen and oxygen atoms in total. The summed E-state index contributed by atoms with van der Waals surface area (Å²) in [6.45, 7) is -0.0597. The van der Waals surface area contributed by atoms with Crippen LogP contribution in [0, 0.1) is 5.82 Å². The summed E-state index contributed by atoms with van der Waals surface area (Å²) in [6.07, 6.45) is 6.02. The summed E-state index contributed by atoms with van der Waals surface area (Å²) in [5.41, 5.74) is 1.46. The van der Waals surface area contributed by atoms with Crippen LogP contribution in [0.3, 0.4) is 0 Å². The fourth-order valence-corrected chi connectivity index (χ4v) is 4.17. The zero-order valence-corrected chi connectivity index (χ0v) is 16.0. The number of rotatable bonds is 5. The molecule has 1 amide bonds.